The standard InChI is InChI=1S/C11H23NO4/c1-4-11(2,3)7-6(5-13)16-10(15)8(12)9(7)14/h6-10,13-15H,4-5,12H2,1-3H3/t6?,7-,8?,9+,10-/m1/s1. The van der Waals surface area contributed by atoms with Gasteiger partial charge in [0.25, 0.3) is 0 Å². The lowest BCUT2D eigenvalue weighted by molar-refractivity contribution is -0.249. The number of aliphatic hydroxyl groups excluding tert-OH is 3. The summed E-state index contributed by atoms with van der Waals surface area (Å²) >= 11 is 0. The van der Waals surface area contributed by atoms with Crippen molar-refractivity contribution >= 4 is 0 Å². The van der Waals surface area contributed by atoms with Crippen LogP contribution in [0.3, 0.4) is 0 Å². The van der Waals surface area contributed by atoms with Crippen LogP contribution in [0.15, 0.2) is 0 Å². The molecule has 0 aromatic heterocycles. The second-order valence-corrected chi connectivity index (χ2v) is 5.18. The van der Waals surface area contributed by atoms with Crippen LogP contribution in [0.1, 0.15) is 27.2 Å². The van der Waals surface area contributed by atoms with Gasteiger partial charge in [0.2, 0.25) is 0 Å². The van der Waals surface area contributed by atoms with E-state index in [1.165, 1.54) is 0 Å². The molecule has 5 heteroatoms. The Morgan fingerprint density at radius 1 is 1.31 bits per heavy atom. The Hall–Kier alpha value is -0.200. The summed E-state index contributed by atoms with van der Waals surface area (Å²) in [5, 5.41) is 28.8. The van der Waals surface area contributed by atoms with Crippen LogP contribution < -0.4 is 5.73 Å². The van der Waals surface area contributed by atoms with Crippen molar-refractivity contribution in [2.75, 3.05) is 6.61 Å². The van der Waals surface area contributed by atoms with Gasteiger partial charge in [0.1, 0.15) is 0 Å². The molecule has 5 nitrogen and oxygen atoms in total. The summed E-state index contributed by atoms with van der Waals surface area (Å²) in [6.07, 6.45) is -1.82. The molecule has 0 saturated carbocycles. The van der Waals surface area contributed by atoms with Crippen LogP contribution in [-0.4, -0.2) is 46.5 Å². The zero-order chi connectivity index (χ0) is 12.5. The van der Waals surface area contributed by atoms with Gasteiger partial charge in [-0.3, -0.25) is 0 Å². The highest BCUT2D eigenvalue weighted by Crippen LogP contribution is 2.40. The van der Waals surface area contributed by atoms with Crippen molar-refractivity contribution in [2.24, 2.45) is 17.1 Å². The Morgan fingerprint density at radius 2 is 1.88 bits per heavy atom. The van der Waals surface area contributed by atoms with Crippen molar-refractivity contribution in [2.45, 2.75) is 51.7 Å². The molecule has 0 amide bonds. The average molecular weight is 233 g/mol. The van der Waals surface area contributed by atoms with Gasteiger partial charge in [0.15, 0.2) is 6.29 Å². The summed E-state index contributed by atoms with van der Waals surface area (Å²) in [7, 11) is 0. The average Bonchev–Trinajstić information content (AvgIpc) is 2.24. The summed E-state index contributed by atoms with van der Waals surface area (Å²) in [5.74, 6) is -0.277. The van der Waals surface area contributed by atoms with Gasteiger partial charge >= 0.3 is 0 Å². The lowest BCUT2D eigenvalue weighted by Crippen LogP contribution is -2.62. The zero-order valence-corrected chi connectivity index (χ0v) is 10.1. The van der Waals surface area contributed by atoms with Crippen molar-refractivity contribution in [3.8, 4) is 0 Å². The van der Waals surface area contributed by atoms with Crippen LogP contribution in [0, 0.1) is 11.3 Å². The fourth-order valence-corrected chi connectivity index (χ4v) is 2.34. The van der Waals surface area contributed by atoms with Crippen LogP contribution in [0.4, 0.5) is 0 Å². The Kier molecular flexibility index (Phi) is 4.31. The van der Waals surface area contributed by atoms with Gasteiger partial charge in [-0.25, -0.2) is 0 Å². The Morgan fingerprint density at radius 3 is 2.31 bits per heavy atom. The van der Waals surface area contributed by atoms with Crippen molar-refractivity contribution in [1.82, 2.24) is 0 Å². The molecule has 0 bridgehead atoms. The lowest BCUT2D eigenvalue weighted by Gasteiger charge is -2.48. The van der Waals surface area contributed by atoms with E-state index in [1.807, 2.05) is 20.8 Å². The molecule has 0 spiro atoms. The lowest BCUT2D eigenvalue weighted by atomic mass is 9.68. The van der Waals surface area contributed by atoms with Gasteiger partial charge in [-0.1, -0.05) is 27.2 Å². The maximum absolute atomic E-state index is 10.1. The molecule has 2 unspecified atom stereocenters. The molecule has 5 atom stereocenters. The van der Waals surface area contributed by atoms with Crippen molar-refractivity contribution in [3.63, 3.8) is 0 Å². The van der Waals surface area contributed by atoms with Gasteiger partial charge in [0.05, 0.1) is 24.9 Å². The molecule has 16 heavy (non-hydrogen) atoms. The summed E-state index contributed by atoms with van der Waals surface area (Å²) in [4.78, 5) is 0. The first kappa shape index (κ1) is 13.9. The number of rotatable bonds is 3. The Labute approximate surface area is 96.2 Å². The largest absolute Gasteiger partial charge is 0.394 e. The predicted octanol–water partition coefficient (Wildman–Crippen LogP) is -0.563. The van der Waals surface area contributed by atoms with E-state index in [1.54, 1.807) is 0 Å². The van der Waals surface area contributed by atoms with E-state index in [2.05, 4.69) is 0 Å². The van der Waals surface area contributed by atoms with Gasteiger partial charge in [-0.05, 0) is 5.41 Å². The molecule has 0 radical (unpaired) electrons. The van der Waals surface area contributed by atoms with E-state index in [0.717, 1.165) is 6.42 Å². The third kappa shape index (κ3) is 2.38. The topological polar surface area (TPSA) is 95.9 Å². The molecule has 1 rings (SSSR count). The molecule has 1 heterocycles. The number of nitrogens with two attached hydrogens (primary N) is 1. The van der Waals surface area contributed by atoms with Crippen molar-refractivity contribution < 1.29 is 20.1 Å². The monoisotopic (exact) mass is 233 g/mol. The van der Waals surface area contributed by atoms with Crippen molar-refractivity contribution in [1.29, 1.82) is 0 Å². The maximum atomic E-state index is 10.1. The zero-order valence-electron chi connectivity index (χ0n) is 10.1. The van der Waals surface area contributed by atoms with Gasteiger partial charge in [-0.15, -0.1) is 0 Å². The fourth-order valence-electron chi connectivity index (χ4n) is 2.34. The van der Waals surface area contributed by atoms with Crippen molar-refractivity contribution in [3.05, 3.63) is 0 Å². The number of hydrogen-bond acceptors (Lipinski definition) is 5. The minimum Gasteiger partial charge on any atom is -0.394 e. The normalized spacial score (nSPS) is 41.1. The summed E-state index contributed by atoms with van der Waals surface area (Å²) in [5.41, 5.74) is 5.47. The molecule has 0 aromatic rings. The first-order chi connectivity index (χ1) is 7.35. The summed E-state index contributed by atoms with van der Waals surface area (Å²) in [6.45, 7) is 5.78. The molecule has 96 valence electrons. The molecule has 0 aliphatic carbocycles. The van der Waals surface area contributed by atoms with Gasteiger partial charge in [0, 0.05) is 5.92 Å². The van der Waals surface area contributed by atoms with Crippen LogP contribution in [0.2, 0.25) is 0 Å². The number of hydrogen-bond donors (Lipinski definition) is 4. The number of aliphatic hydroxyl groups is 3. The smallest absolute Gasteiger partial charge is 0.172 e. The molecular formula is C11H23NO4. The van der Waals surface area contributed by atoms with Crippen LogP contribution in [0.5, 0.6) is 0 Å². The Balaban J connectivity index is 2.94. The van der Waals surface area contributed by atoms with Crippen LogP contribution in [0.25, 0.3) is 0 Å². The second kappa shape index (κ2) is 4.98. The molecule has 0 aromatic carbocycles. The van der Waals surface area contributed by atoms with Gasteiger partial charge < -0.3 is 25.8 Å². The van der Waals surface area contributed by atoms with E-state index >= 15 is 0 Å². The first-order valence-electron chi connectivity index (χ1n) is 5.73. The first-order valence-corrected chi connectivity index (χ1v) is 5.73. The third-order valence-corrected chi connectivity index (χ3v) is 3.80. The Bertz CT molecular complexity index is 232. The minimum atomic E-state index is -1.21. The quantitative estimate of drug-likeness (QED) is 0.524. The third-order valence-electron chi connectivity index (χ3n) is 3.80. The molecule has 5 N–H and O–H groups in total. The predicted molar refractivity (Wildman–Crippen MR) is 59.5 cm³/mol. The van der Waals surface area contributed by atoms with Crippen LogP contribution in [-0.2, 0) is 4.74 Å². The van der Waals surface area contributed by atoms with Gasteiger partial charge in [-0.2, -0.15) is 0 Å². The molecule has 1 aliphatic heterocycles. The molecule has 1 fully saturated rings. The molecule has 1 aliphatic rings. The maximum Gasteiger partial charge on any atom is 0.172 e. The molecule has 1 saturated heterocycles. The summed E-state index contributed by atoms with van der Waals surface area (Å²) in [6, 6.07) is -0.821. The molecular weight excluding hydrogens is 210 g/mol. The van der Waals surface area contributed by atoms with E-state index in [9.17, 15) is 15.3 Å². The van der Waals surface area contributed by atoms with E-state index in [4.69, 9.17) is 10.5 Å². The fraction of sp³-hybridized carbons (Fsp3) is 1.00. The van der Waals surface area contributed by atoms with E-state index in [-0.39, 0.29) is 17.9 Å². The van der Waals surface area contributed by atoms with E-state index < -0.39 is 24.5 Å². The summed E-state index contributed by atoms with van der Waals surface area (Å²) < 4.78 is 5.24. The van der Waals surface area contributed by atoms with E-state index in [0.29, 0.717) is 0 Å². The van der Waals surface area contributed by atoms with Crippen LogP contribution >= 0.6 is 0 Å². The highest BCUT2D eigenvalue weighted by atomic mass is 16.6. The minimum absolute atomic E-state index is 0.204. The second-order valence-electron chi connectivity index (χ2n) is 5.18. The highest BCUT2D eigenvalue weighted by Gasteiger charge is 2.48. The highest BCUT2D eigenvalue weighted by molar-refractivity contribution is 4.96. The number of ether oxygens (including phenoxy) is 1. The SMILES string of the molecule is CCC(C)(C)[C@@H]1C(CO)O[C@@H](O)C(N)[C@H]1O.